The molecule has 0 radical (unpaired) electrons. The smallest absolute Gasteiger partial charge is 0.183 e. The highest BCUT2D eigenvalue weighted by molar-refractivity contribution is 5.22. The van der Waals surface area contributed by atoms with Crippen molar-refractivity contribution in [1.82, 2.24) is 0 Å². The Balaban J connectivity index is 1.47. The first-order valence-corrected chi connectivity index (χ1v) is 9.06. The maximum Gasteiger partial charge on any atom is 0.183 e. The van der Waals surface area contributed by atoms with E-state index in [4.69, 9.17) is 9.47 Å². The molecule has 1 saturated carbocycles. The summed E-state index contributed by atoms with van der Waals surface area (Å²) < 4.78 is 12.0. The normalized spacial score (nSPS) is 32.8. The summed E-state index contributed by atoms with van der Waals surface area (Å²) in [5, 5.41) is 0. The average Bonchev–Trinajstić information content (AvgIpc) is 2.57. The SMILES string of the molecule is CCCC1CCC(C2COC(c3ccc(C)cc3)OC2)CC1. The van der Waals surface area contributed by atoms with Gasteiger partial charge in [-0.05, 0) is 31.6 Å². The van der Waals surface area contributed by atoms with Gasteiger partial charge >= 0.3 is 0 Å². The largest absolute Gasteiger partial charge is 0.348 e. The fraction of sp³-hybridized carbons (Fsp3) is 0.700. The van der Waals surface area contributed by atoms with Gasteiger partial charge in [0.05, 0.1) is 13.2 Å². The lowest BCUT2D eigenvalue weighted by Crippen LogP contribution is -2.34. The zero-order valence-electron chi connectivity index (χ0n) is 14.1. The molecular weight excluding hydrogens is 272 g/mol. The van der Waals surface area contributed by atoms with Crippen molar-refractivity contribution in [2.75, 3.05) is 13.2 Å². The number of hydrogen-bond donors (Lipinski definition) is 0. The van der Waals surface area contributed by atoms with E-state index >= 15 is 0 Å². The van der Waals surface area contributed by atoms with Crippen LogP contribution < -0.4 is 0 Å². The van der Waals surface area contributed by atoms with Gasteiger partial charge in [0.2, 0.25) is 0 Å². The van der Waals surface area contributed by atoms with Gasteiger partial charge in [0, 0.05) is 11.5 Å². The van der Waals surface area contributed by atoms with E-state index in [1.165, 1.54) is 44.1 Å². The molecule has 3 rings (SSSR count). The molecule has 0 atom stereocenters. The molecule has 1 saturated heterocycles. The Bertz CT molecular complexity index is 437. The first-order valence-electron chi connectivity index (χ1n) is 9.06. The van der Waals surface area contributed by atoms with E-state index < -0.39 is 0 Å². The van der Waals surface area contributed by atoms with Crippen LogP contribution in [0, 0.1) is 24.7 Å². The number of benzene rings is 1. The summed E-state index contributed by atoms with van der Waals surface area (Å²) in [5.74, 6) is 2.39. The van der Waals surface area contributed by atoms with Gasteiger partial charge in [0.15, 0.2) is 6.29 Å². The van der Waals surface area contributed by atoms with Crippen molar-refractivity contribution in [2.24, 2.45) is 17.8 Å². The van der Waals surface area contributed by atoms with Crippen LogP contribution in [0.15, 0.2) is 24.3 Å². The van der Waals surface area contributed by atoms with Crippen LogP contribution in [0.3, 0.4) is 0 Å². The van der Waals surface area contributed by atoms with Gasteiger partial charge in [-0.15, -0.1) is 0 Å². The van der Waals surface area contributed by atoms with Crippen LogP contribution >= 0.6 is 0 Å². The average molecular weight is 302 g/mol. The van der Waals surface area contributed by atoms with Gasteiger partial charge in [-0.2, -0.15) is 0 Å². The van der Waals surface area contributed by atoms with Crippen molar-refractivity contribution in [3.8, 4) is 0 Å². The Morgan fingerprint density at radius 2 is 1.55 bits per heavy atom. The summed E-state index contributed by atoms with van der Waals surface area (Å²) >= 11 is 0. The lowest BCUT2D eigenvalue weighted by molar-refractivity contribution is -0.214. The zero-order valence-corrected chi connectivity index (χ0v) is 14.1. The Hall–Kier alpha value is -0.860. The minimum absolute atomic E-state index is 0.159. The number of rotatable bonds is 4. The number of aryl methyl sites for hydroxylation is 1. The third-order valence-corrected chi connectivity index (χ3v) is 5.53. The van der Waals surface area contributed by atoms with Crippen LogP contribution in [0.4, 0.5) is 0 Å². The van der Waals surface area contributed by atoms with E-state index in [9.17, 15) is 0 Å². The van der Waals surface area contributed by atoms with Crippen LogP contribution in [0.2, 0.25) is 0 Å². The Kier molecular flexibility index (Phi) is 5.54. The fourth-order valence-electron chi connectivity index (χ4n) is 4.06. The minimum Gasteiger partial charge on any atom is -0.348 e. The highest BCUT2D eigenvalue weighted by Gasteiger charge is 2.32. The topological polar surface area (TPSA) is 18.5 Å². The standard InChI is InChI=1S/C20H30O2/c1-3-4-16-7-11-17(12-8-16)19-13-21-20(22-14-19)18-9-5-15(2)6-10-18/h5-6,9-10,16-17,19-20H,3-4,7-8,11-14H2,1-2H3. The summed E-state index contributed by atoms with van der Waals surface area (Å²) in [4.78, 5) is 0. The first-order chi connectivity index (χ1) is 10.8. The van der Waals surface area contributed by atoms with Gasteiger partial charge in [-0.1, -0.05) is 62.4 Å². The molecule has 2 nitrogen and oxygen atoms in total. The summed E-state index contributed by atoms with van der Waals surface area (Å²) in [6.07, 6.45) is 8.16. The molecule has 2 heteroatoms. The van der Waals surface area contributed by atoms with Crippen molar-refractivity contribution in [2.45, 2.75) is 58.7 Å². The molecule has 22 heavy (non-hydrogen) atoms. The van der Waals surface area contributed by atoms with Gasteiger partial charge in [0.1, 0.15) is 0 Å². The molecule has 1 heterocycles. The monoisotopic (exact) mass is 302 g/mol. The van der Waals surface area contributed by atoms with Gasteiger partial charge in [-0.25, -0.2) is 0 Å². The lowest BCUT2D eigenvalue weighted by Gasteiger charge is -2.37. The summed E-state index contributed by atoms with van der Waals surface area (Å²) in [7, 11) is 0. The minimum atomic E-state index is -0.159. The molecule has 1 aliphatic heterocycles. The molecule has 1 aromatic rings. The van der Waals surface area contributed by atoms with Crippen LogP contribution in [0.1, 0.15) is 62.9 Å². The quantitative estimate of drug-likeness (QED) is 0.755. The van der Waals surface area contributed by atoms with Crippen molar-refractivity contribution in [3.63, 3.8) is 0 Å². The van der Waals surface area contributed by atoms with Gasteiger partial charge in [0.25, 0.3) is 0 Å². The summed E-state index contributed by atoms with van der Waals surface area (Å²) in [6, 6.07) is 8.50. The lowest BCUT2D eigenvalue weighted by atomic mass is 9.75. The highest BCUT2D eigenvalue weighted by Crippen LogP contribution is 2.38. The Morgan fingerprint density at radius 3 is 2.14 bits per heavy atom. The second-order valence-corrected chi connectivity index (χ2v) is 7.24. The van der Waals surface area contributed by atoms with E-state index in [0.29, 0.717) is 5.92 Å². The summed E-state index contributed by atoms with van der Waals surface area (Å²) in [6.45, 7) is 6.14. The molecule has 2 fully saturated rings. The molecule has 0 spiro atoms. The van der Waals surface area contributed by atoms with Gasteiger partial charge < -0.3 is 9.47 Å². The van der Waals surface area contributed by atoms with Gasteiger partial charge in [-0.3, -0.25) is 0 Å². The molecule has 0 N–H and O–H groups in total. The zero-order chi connectivity index (χ0) is 15.4. The van der Waals surface area contributed by atoms with E-state index in [1.54, 1.807) is 0 Å². The number of hydrogen-bond acceptors (Lipinski definition) is 2. The maximum atomic E-state index is 6.02. The predicted molar refractivity (Wildman–Crippen MR) is 89.7 cm³/mol. The highest BCUT2D eigenvalue weighted by atomic mass is 16.7. The molecule has 0 bridgehead atoms. The second kappa shape index (κ2) is 7.61. The molecule has 1 aliphatic carbocycles. The Morgan fingerprint density at radius 1 is 0.909 bits per heavy atom. The molecule has 0 aromatic heterocycles. The van der Waals surface area contributed by atoms with Crippen molar-refractivity contribution < 1.29 is 9.47 Å². The van der Waals surface area contributed by atoms with Crippen molar-refractivity contribution in [3.05, 3.63) is 35.4 Å². The third-order valence-electron chi connectivity index (χ3n) is 5.53. The van der Waals surface area contributed by atoms with Crippen LogP contribution in [-0.4, -0.2) is 13.2 Å². The predicted octanol–water partition coefficient (Wildman–Crippen LogP) is 5.26. The molecular formula is C20H30O2. The second-order valence-electron chi connectivity index (χ2n) is 7.24. The molecule has 2 aliphatic rings. The summed E-state index contributed by atoms with van der Waals surface area (Å²) in [5.41, 5.74) is 2.43. The molecule has 0 unspecified atom stereocenters. The van der Waals surface area contributed by atoms with Crippen molar-refractivity contribution in [1.29, 1.82) is 0 Å². The third kappa shape index (κ3) is 3.91. The Labute approximate surface area is 135 Å². The van der Waals surface area contributed by atoms with Crippen molar-refractivity contribution >= 4 is 0 Å². The molecule has 0 amide bonds. The van der Waals surface area contributed by atoms with Crippen LogP contribution in [-0.2, 0) is 9.47 Å². The fourth-order valence-corrected chi connectivity index (χ4v) is 4.06. The molecule has 1 aromatic carbocycles. The van der Waals surface area contributed by atoms with Crippen LogP contribution in [0.25, 0.3) is 0 Å². The molecule has 122 valence electrons. The van der Waals surface area contributed by atoms with Crippen LogP contribution in [0.5, 0.6) is 0 Å². The van der Waals surface area contributed by atoms with E-state index in [1.807, 2.05) is 0 Å². The first kappa shape index (κ1) is 16.0. The van der Waals surface area contributed by atoms with E-state index in [-0.39, 0.29) is 6.29 Å². The van der Waals surface area contributed by atoms with E-state index in [0.717, 1.165) is 30.6 Å². The van der Waals surface area contributed by atoms with E-state index in [2.05, 4.69) is 38.1 Å². The number of ether oxygens (including phenoxy) is 2. The maximum absolute atomic E-state index is 6.02.